The molecule has 2 rings (SSSR count). The summed E-state index contributed by atoms with van der Waals surface area (Å²) in [6.07, 6.45) is 1.11. The first-order chi connectivity index (χ1) is 9.11. The van der Waals surface area contributed by atoms with Gasteiger partial charge >= 0.3 is 0 Å². The number of hydrogen-bond acceptors (Lipinski definition) is 2. The molecule has 2 aromatic rings. The molecular formula is C17H22N2. The summed E-state index contributed by atoms with van der Waals surface area (Å²) in [6, 6.07) is 10.6. The molecule has 0 unspecified atom stereocenters. The number of anilines is 1. The molecule has 0 amide bonds. The van der Waals surface area contributed by atoms with Crippen LogP contribution in [0.2, 0.25) is 0 Å². The lowest BCUT2D eigenvalue weighted by Gasteiger charge is -2.11. The van der Waals surface area contributed by atoms with Gasteiger partial charge in [-0.1, -0.05) is 19.1 Å². The molecule has 1 N–H and O–H groups in total. The first kappa shape index (κ1) is 13.6. The fraction of sp³-hybridized carbons (Fsp3) is 0.353. The highest BCUT2D eigenvalue weighted by Crippen LogP contribution is 2.25. The summed E-state index contributed by atoms with van der Waals surface area (Å²) in [5.74, 6) is 0.956. The molecule has 0 bridgehead atoms. The van der Waals surface area contributed by atoms with Crippen LogP contribution >= 0.6 is 0 Å². The Morgan fingerprint density at radius 2 is 1.74 bits per heavy atom. The summed E-state index contributed by atoms with van der Waals surface area (Å²) in [6.45, 7) is 9.57. The molecule has 0 fully saturated rings. The molecule has 0 saturated carbocycles. The van der Waals surface area contributed by atoms with Gasteiger partial charge in [-0.3, -0.25) is 0 Å². The molecule has 1 aromatic carbocycles. The topological polar surface area (TPSA) is 24.9 Å². The highest BCUT2D eigenvalue weighted by molar-refractivity contribution is 5.66. The summed E-state index contributed by atoms with van der Waals surface area (Å²) >= 11 is 0. The van der Waals surface area contributed by atoms with Crippen LogP contribution in [0.15, 0.2) is 30.3 Å². The minimum atomic E-state index is 0.956. The fourth-order valence-electron chi connectivity index (χ4n) is 2.17. The van der Waals surface area contributed by atoms with Crippen molar-refractivity contribution in [2.75, 3.05) is 11.9 Å². The van der Waals surface area contributed by atoms with E-state index in [1.54, 1.807) is 0 Å². The average molecular weight is 254 g/mol. The highest BCUT2D eigenvalue weighted by Gasteiger charge is 2.06. The van der Waals surface area contributed by atoms with Gasteiger partial charge in [0.2, 0.25) is 0 Å². The normalized spacial score (nSPS) is 10.5. The molecule has 1 aromatic heterocycles. The SMILES string of the molecule is CCCNc1cccc(-c2cc(C)c(C)cc2C)n1. The molecule has 0 atom stereocenters. The number of nitrogens with zero attached hydrogens (tertiary/aromatic N) is 1. The van der Waals surface area contributed by atoms with Crippen LogP contribution in [0.4, 0.5) is 5.82 Å². The van der Waals surface area contributed by atoms with Crippen LogP contribution in [-0.4, -0.2) is 11.5 Å². The minimum absolute atomic E-state index is 0.956. The summed E-state index contributed by atoms with van der Waals surface area (Å²) in [5, 5.41) is 3.34. The van der Waals surface area contributed by atoms with E-state index in [0.29, 0.717) is 0 Å². The van der Waals surface area contributed by atoms with Crippen molar-refractivity contribution in [3.8, 4) is 11.3 Å². The summed E-state index contributed by atoms with van der Waals surface area (Å²) in [4.78, 5) is 4.70. The van der Waals surface area contributed by atoms with E-state index >= 15 is 0 Å². The number of hydrogen-bond donors (Lipinski definition) is 1. The van der Waals surface area contributed by atoms with Gasteiger partial charge < -0.3 is 5.32 Å². The zero-order valence-electron chi connectivity index (χ0n) is 12.2. The smallest absolute Gasteiger partial charge is 0.126 e. The Hall–Kier alpha value is -1.83. The lowest BCUT2D eigenvalue weighted by Crippen LogP contribution is -2.02. The van der Waals surface area contributed by atoms with E-state index < -0.39 is 0 Å². The maximum atomic E-state index is 4.70. The van der Waals surface area contributed by atoms with Crippen molar-refractivity contribution in [3.05, 3.63) is 47.0 Å². The van der Waals surface area contributed by atoms with E-state index in [0.717, 1.165) is 24.5 Å². The molecular weight excluding hydrogens is 232 g/mol. The molecule has 2 nitrogen and oxygen atoms in total. The number of pyridine rings is 1. The van der Waals surface area contributed by atoms with Crippen molar-refractivity contribution in [1.29, 1.82) is 0 Å². The molecule has 0 aliphatic rings. The van der Waals surface area contributed by atoms with Crippen LogP contribution in [0.25, 0.3) is 11.3 Å². The Morgan fingerprint density at radius 1 is 1.00 bits per heavy atom. The third-order valence-electron chi connectivity index (χ3n) is 3.42. The van der Waals surface area contributed by atoms with Gasteiger partial charge in [0.1, 0.15) is 5.82 Å². The standard InChI is InChI=1S/C17H22N2/c1-5-9-18-17-8-6-7-16(19-17)15-11-13(3)12(2)10-14(15)4/h6-8,10-11H,5,9H2,1-4H3,(H,18,19). The van der Waals surface area contributed by atoms with Crippen LogP contribution in [0.5, 0.6) is 0 Å². The van der Waals surface area contributed by atoms with Gasteiger partial charge in [0.05, 0.1) is 5.69 Å². The zero-order chi connectivity index (χ0) is 13.8. The molecule has 0 radical (unpaired) electrons. The van der Waals surface area contributed by atoms with Gasteiger partial charge in [-0.05, 0) is 62.1 Å². The fourth-order valence-corrected chi connectivity index (χ4v) is 2.17. The molecule has 0 saturated heterocycles. The number of aryl methyl sites for hydroxylation is 3. The Labute approximate surface area is 115 Å². The number of benzene rings is 1. The maximum Gasteiger partial charge on any atom is 0.126 e. The van der Waals surface area contributed by atoms with Gasteiger partial charge in [-0.15, -0.1) is 0 Å². The third-order valence-corrected chi connectivity index (χ3v) is 3.42. The Morgan fingerprint density at radius 3 is 2.47 bits per heavy atom. The van der Waals surface area contributed by atoms with E-state index in [9.17, 15) is 0 Å². The maximum absolute atomic E-state index is 4.70. The predicted octanol–water partition coefficient (Wildman–Crippen LogP) is 4.50. The van der Waals surface area contributed by atoms with Crippen LogP contribution in [0, 0.1) is 20.8 Å². The van der Waals surface area contributed by atoms with Crippen LogP contribution < -0.4 is 5.32 Å². The minimum Gasteiger partial charge on any atom is -0.370 e. The molecule has 19 heavy (non-hydrogen) atoms. The second-order valence-corrected chi connectivity index (χ2v) is 5.09. The quantitative estimate of drug-likeness (QED) is 0.869. The Kier molecular flexibility index (Phi) is 4.20. The van der Waals surface area contributed by atoms with Gasteiger partial charge in [0, 0.05) is 12.1 Å². The van der Waals surface area contributed by atoms with E-state index in [4.69, 9.17) is 4.98 Å². The molecule has 2 heteroatoms. The van der Waals surface area contributed by atoms with Crippen molar-refractivity contribution in [1.82, 2.24) is 4.98 Å². The van der Waals surface area contributed by atoms with Gasteiger partial charge in [0.25, 0.3) is 0 Å². The molecule has 0 spiro atoms. The summed E-state index contributed by atoms with van der Waals surface area (Å²) < 4.78 is 0. The van der Waals surface area contributed by atoms with E-state index in [-0.39, 0.29) is 0 Å². The van der Waals surface area contributed by atoms with Crippen LogP contribution in [0.3, 0.4) is 0 Å². The van der Waals surface area contributed by atoms with Crippen molar-refractivity contribution in [2.45, 2.75) is 34.1 Å². The summed E-state index contributed by atoms with van der Waals surface area (Å²) in [7, 11) is 0. The number of nitrogens with one attached hydrogen (secondary N) is 1. The van der Waals surface area contributed by atoms with E-state index in [2.05, 4.69) is 57.3 Å². The van der Waals surface area contributed by atoms with Gasteiger partial charge in [-0.2, -0.15) is 0 Å². The van der Waals surface area contributed by atoms with Gasteiger partial charge in [0.15, 0.2) is 0 Å². The predicted molar refractivity (Wildman–Crippen MR) is 82.7 cm³/mol. The average Bonchev–Trinajstić information content (AvgIpc) is 2.41. The van der Waals surface area contributed by atoms with Gasteiger partial charge in [-0.25, -0.2) is 4.98 Å². The highest BCUT2D eigenvalue weighted by atomic mass is 15.0. The summed E-state index contributed by atoms with van der Waals surface area (Å²) in [5.41, 5.74) is 6.20. The molecule has 1 heterocycles. The second kappa shape index (κ2) is 5.87. The van der Waals surface area contributed by atoms with E-state index in [1.165, 1.54) is 22.3 Å². The molecule has 0 aliphatic carbocycles. The van der Waals surface area contributed by atoms with Crippen molar-refractivity contribution < 1.29 is 0 Å². The molecule has 0 aliphatic heterocycles. The first-order valence-electron chi connectivity index (χ1n) is 6.91. The van der Waals surface area contributed by atoms with Crippen molar-refractivity contribution in [2.24, 2.45) is 0 Å². The van der Waals surface area contributed by atoms with Crippen LogP contribution in [0.1, 0.15) is 30.0 Å². The lowest BCUT2D eigenvalue weighted by molar-refractivity contribution is 0.970. The zero-order valence-corrected chi connectivity index (χ0v) is 12.2. The Balaban J connectivity index is 2.38. The van der Waals surface area contributed by atoms with E-state index in [1.807, 2.05) is 6.07 Å². The number of aromatic nitrogens is 1. The lowest BCUT2D eigenvalue weighted by atomic mass is 9.98. The van der Waals surface area contributed by atoms with Crippen molar-refractivity contribution >= 4 is 5.82 Å². The van der Waals surface area contributed by atoms with Crippen molar-refractivity contribution in [3.63, 3.8) is 0 Å². The largest absolute Gasteiger partial charge is 0.370 e. The third kappa shape index (κ3) is 3.14. The first-order valence-corrected chi connectivity index (χ1v) is 6.91. The van der Waals surface area contributed by atoms with Crippen LogP contribution in [-0.2, 0) is 0 Å². The number of rotatable bonds is 4. The second-order valence-electron chi connectivity index (χ2n) is 5.09. The monoisotopic (exact) mass is 254 g/mol. The molecule has 100 valence electrons. The Bertz CT molecular complexity index is 573.